The van der Waals surface area contributed by atoms with Gasteiger partial charge in [-0.2, -0.15) is 0 Å². The molecule has 0 aliphatic carbocycles. The first-order valence-electron chi connectivity index (χ1n) is 8.98. The number of hydrogen-bond acceptors (Lipinski definition) is 12. The lowest BCUT2D eigenvalue weighted by atomic mass is 9.99. The van der Waals surface area contributed by atoms with Crippen molar-refractivity contribution in [1.82, 2.24) is 0 Å². The molecule has 2 heterocycles. The Morgan fingerprint density at radius 2 is 1.52 bits per heavy atom. The van der Waals surface area contributed by atoms with Crippen molar-refractivity contribution < 1.29 is 54.7 Å². The van der Waals surface area contributed by atoms with E-state index in [1.807, 2.05) is 0 Å². The standard InChI is InChI=1S/C19H18O12/c20-4-11-14(25)16(27)17(28)19(30-11)31-18-8(23)3-10-12(15(18)26)13(24)5-1-6(21)7(22)2-9(5)29-10/h1-3,11,14,16-17,19-23,25-28H,4H2/t11-,14+,16-,17-,19+/m1/s1. The van der Waals surface area contributed by atoms with E-state index in [1.54, 1.807) is 0 Å². The number of phenolic OH excluding ortho intramolecular Hbond substituents is 4. The maximum absolute atomic E-state index is 12.8. The highest BCUT2D eigenvalue weighted by molar-refractivity contribution is 5.96. The number of benzene rings is 2. The van der Waals surface area contributed by atoms with Crippen LogP contribution in [-0.4, -0.2) is 78.2 Å². The molecule has 31 heavy (non-hydrogen) atoms. The fourth-order valence-electron chi connectivity index (χ4n) is 3.38. The van der Waals surface area contributed by atoms with E-state index < -0.39 is 76.9 Å². The number of hydrogen-bond donors (Lipinski definition) is 8. The summed E-state index contributed by atoms with van der Waals surface area (Å²) in [6, 6.07) is 2.84. The average Bonchev–Trinajstić information content (AvgIpc) is 2.72. The van der Waals surface area contributed by atoms with Gasteiger partial charge in [0.2, 0.25) is 17.5 Å². The lowest BCUT2D eigenvalue weighted by molar-refractivity contribution is -0.277. The van der Waals surface area contributed by atoms with Crippen molar-refractivity contribution in [2.24, 2.45) is 0 Å². The minimum Gasteiger partial charge on any atom is -0.504 e. The van der Waals surface area contributed by atoms with Crippen LogP contribution in [0, 0.1) is 0 Å². The highest BCUT2D eigenvalue weighted by Crippen LogP contribution is 2.43. The molecule has 12 heteroatoms. The summed E-state index contributed by atoms with van der Waals surface area (Å²) in [6.07, 6.45) is -8.30. The van der Waals surface area contributed by atoms with Crippen molar-refractivity contribution in [3.63, 3.8) is 0 Å². The summed E-state index contributed by atoms with van der Waals surface area (Å²) in [5.41, 5.74) is -1.24. The predicted molar refractivity (Wildman–Crippen MR) is 101 cm³/mol. The predicted octanol–water partition coefficient (Wildman–Crippen LogP) is -1.05. The van der Waals surface area contributed by atoms with Crippen LogP contribution in [0.3, 0.4) is 0 Å². The second-order valence-corrected chi connectivity index (χ2v) is 7.03. The van der Waals surface area contributed by atoms with Crippen LogP contribution >= 0.6 is 0 Å². The Morgan fingerprint density at radius 1 is 0.871 bits per heavy atom. The molecule has 12 nitrogen and oxygen atoms in total. The van der Waals surface area contributed by atoms with Crippen molar-refractivity contribution in [1.29, 1.82) is 0 Å². The van der Waals surface area contributed by atoms with Crippen molar-refractivity contribution >= 4 is 21.9 Å². The monoisotopic (exact) mass is 438 g/mol. The number of ether oxygens (including phenoxy) is 2. The normalized spacial score (nSPS) is 26.4. The van der Waals surface area contributed by atoms with Gasteiger partial charge in [0.1, 0.15) is 41.0 Å². The zero-order chi connectivity index (χ0) is 22.6. The molecule has 0 bridgehead atoms. The Kier molecular flexibility index (Phi) is 5.03. The Labute approximate surface area is 172 Å². The number of fused-ring (bicyclic) bond motifs is 2. The molecule has 0 unspecified atom stereocenters. The van der Waals surface area contributed by atoms with Gasteiger partial charge in [0, 0.05) is 12.1 Å². The van der Waals surface area contributed by atoms with Crippen LogP contribution in [0.1, 0.15) is 0 Å². The molecule has 4 rings (SSSR count). The molecular weight excluding hydrogens is 420 g/mol. The van der Waals surface area contributed by atoms with Crippen molar-refractivity contribution in [3.8, 4) is 28.7 Å². The topological polar surface area (TPSA) is 211 Å². The number of aliphatic hydroxyl groups excluding tert-OH is 4. The highest BCUT2D eigenvalue weighted by Gasteiger charge is 2.45. The summed E-state index contributed by atoms with van der Waals surface area (Å²) >= 11 is 0. The van der Waals surface area contributed by atoms with Gasteiger partial charge in [0.05, 0.1) is 12.0 Å². The lowest BCUT2D eigenvalue weighted by Gasteiger charge is -2.39. The van der Waals surface area contributed by atoms with Gasteiger partial charge in [0.25, 0.3) is 0 Å². The second kappa shape index (κ2) is 7.44. The Hall–Kier alpha value is -3.29. The molecule has 1 aliphatic heterocycles. The average molecular weight is 438 g/mol. The molecule has 0 radical (unpaired) electrons. The first kappa shape index (κ1) is 21.0. The van der Waals surface area contributed by atoms with Gasteiger partial charge < -0.3 is 54.7 Å². The van der Waals surface area contributed by atoms with E-state index in [0.717, 1.165) is 18.2 Å². The molecule has 0 amide bonds. The smallest absolute Gasteiger partial charge is 0.229 e. The number of phenols is 4. The number of aliphatic hydroxyl groups is 4. The van der Waals surface area contributed by atoms with Crippen LogP contribution in [-0.2, 0) is 4.74 Å². The Bertz CT molecular complexity index is 1220. The quantitative estimate of drug-likeness (QED) is 0.182. The second-order valence-electron chi connectivity index (χ2n) is 7.03. The molecule has 8 N–H and O–H groups in total. The van der Waals surface area contributed by atoms with Crippen LogP contribution in [0.4, 0.5) is 0 Å². The van der Waals surface area contributed by atoms with Gasteiger partial charge in [-0.05, 0) is 6.07 Å². The van der Waals surface area contributed by atoms with E-state index in [4.69, 9.17) is 13.9 Å². The summed E-state index contributed by atoms with van der Waals surface area (Å²) < 4.78 is 15.9. The van der Waals surface area contributed by atoms with E-state index in [0.29, 0.717) is 0 Å². The van der Waals surface area contributed by atoms with E-state index in [1.165, 1.54) is 0 Å². The van der Waals surface area contributed by atoms with E-state index in [-0.39, 0.29) is 16.6 Å². The molecule has 2 aromatic carbocycles. The first-order chi connectivity index (χ1) is 14.6. The van der Waals surface area contributed by atoms with E-state index >= 15 is 0 Å². The van der Waals surface area contributed by atoms with Gasteiger partial charge in [-0.25, -0.2) is 0 Å². The molecule has 1 fully saturated rings. The van der Waals surface area contributed by atoms with Crippen LogP contribution < -0.4 is 10.2 Å². The minimum atomic E-state index is -1.83. The minimum absolute atomic E-state index is 0.130. The molecule has 166 valence electrons. The molecular formula is C19H18O12. The van der Waals surface area contributed by atoms with Gasteiger partial charge in [0.15, 0.2) is 23.0 Å². The fraction of sp³-hybridized carbons (Fsp3) is 0.316. The van der Waals surface area contributed by atoms with E-state index in [2.05, 4.69) is 0 Å². The van der Waals surface area contributed by atoms with Crippen LogP contribution in [0.15, 0.2) is 27.4 Å². The summed E-state index contributed by atoms with van der Waals surface area (Å²) in [4.78, 5) is 12.8. The van der Waals surface area contributed by atoms with Gasteiger partial charge in [-0.3, -0.25) is 4.79 Å². The molecule has 0 spiro atoms. The molecule has 5 atom stereocenters. The van der Waals surface area contributed by atoms with Gasteiger partial charge in [-0.15, -0.1) is 0 Å². The summed E-state index contributed by atoms with van der Waals surface area (Å²) in [6.45, 7) is -0.730. The zero-order valence-corrected chi connectivity index (χ0v) is 15.5. The van der Waals surface area contributed by atoms with Gasteiger partial charge >= 0.3 is 0 Å². The molecule has 1 aromatic heterocycles. The summed E-state index contributed by atoms with van der Waals surface area (Å²) in [5, 5.41) is 78.5. The SMILES string of the molecule is O=c1c2cc(O)c(O)cc2oc2cc(O)c(O[C@@H]3O[C@H](CO)[C@H](O)[C@@H](O)[C@H]3O)c(O)c12. The first-order valence-corrected chi connectivity index (χ1v) is 8.98. The largest absolute Gasteiger partial charge is 0.504 e. The maximum atomic E-state index is 12.8. The Balaban J connectivity index is 1.84. The van der Waals surface area contributed by atoms with E-state index in [9.17, 15) is 45.6 Å². The third kappa shape index (κ3) is 3.26. The van der Waals surface area contributed by atoms with Crippen molar-refractivity contribution in [2.45, 2.75) is 30.7 Å². The molecule has 1 aliphatic rings. The van der Waals surface area contributed by atoms with Crippen LogP contribution in [0.5, 0.6) is 28.7 Å². The number of rotatable bonds is 3. The molecule has 0 saturated carbocycles. The third-order valence-corrected chi connectivity index (χ3v) is 5.05. The third-order valence-electron chi connectivity index (χ3n) is 5.05. The fourth-order valence-corrected chi connectivity index (χ4v) is 3.38. The van der Waals surface area contributed by atoms with Crippen molar-refractivity contribution in [3.05, 3.63) is 28.4 Å². The summed E-state index contributed by atoms with van der Waals surface area (Å²) in [5.74, 6) is -3.48. The van der Waals surface area contributed by atoms with Gasteiger partial charge in [-0.1, -0.05) is 0 Å². The summed E-state index contributed by atoms with van der Waals surface area (Å²) in [7, 11) is 0. The Morgan fingerprint density at radius 3 is 2.19 bits per heavy atom. The zero-order valence-electron chi connectivity index (χ0n) is 15.5. The lowest BCUT2D eigenvalue weighted by Crippen LogP contribution is -2.60. The highest BCUT2D eigenvalue weighted by atomic mass is 16.7. The van der Waals surface area contributed by atoms with Crippen LogP contribution in [0.25, 0.3) is 21.9 Å². The molecule has 1 saturated heterocycles. The maximum Gasteiger partial charge on any atom is 0.229 e. The van der Waals surface area contributed by atoms with Crippen molar-refractivity contribution in [2.75, 3.05) is 6.61 Å². The van der Waals surface area contributed by atoms with Crippen LogP contribution in [0.2, 0.25) is 0 Å². The molecule has 3 aromatic rings. The number of aromatic hydroxyl groups is 4.